The van der Waals surface area contributed by atoms with Gasteiger partial charge in [-0.05, 0) is 54.8 Å². The maximum Gasteiger partial charge on any atom is 0.197 e. The van der Waals surface area contributed by atoms with Crippen LogP contribution in [0, 0.1) is 13.8 Å². The predicted molar refractivity (Wildman–Crippen MR) is 117 cm³/mol. The Morgan fingerprint density at radius 3 is 2.14 bits per heavy atom. The lowest BCUT2D eigenvalue weighted by Crippen LogP contribution is -2.00. The average Bonchev–Trinajstić information content (AvgIpc) is 3.32. The van der Waals surface area contributed by atoms with Crippen LogP contribution in [0.15, 0.2) is 54.1 Å². The molecule has 0 amide bonds. The molecule has 0 spiro atoms. The third-order valence-corrected chi connectivity index (χ3v) is 6.49. The van der Waals surface area contributed by atoms with Crippen LogP contribution >= 0.6 is 11.3 Å². The quantitative estimate of drug-likeness (QED) is 0.336. The van der Waals surface area contributed by atoms with E-state index < -0.39 is 0 Å². The van der Waals surface area contributed by atoms with Crippen molar-refractivity contribution < 1.29 is 9.59 Å². The van der Waals surface area contributed by atoms with Crippen LogP contribution in [-0.2, 0) is 7.05 Å². The molecule has 4 nitrogen and oxygen atoms in total. The van der Waals surface area contributed by atoms with E-state index in [-0.39, 0.29) is 17.1 Å². The molecule has 0 aliphatic heterocycles. The first-order valence-corrected chi connectivity index (χ1v) is 10.2. The first-order chi connectivity index (χ1) is 13.9. The molecule has 5 heteroatoms. The molecule has 2 heterocycles. The fraction of sp³-hybridized carbons (Fsp3) is 0.125. The van der Waals surface area contributed by atoms with Crippen LogP contribution < -0.4 is 0 Å². The molecular formula is C24H18N2O2S. The van der Waals surface area contributed by atoms with Gasteiger partial charge in [0.05, 0.1) is 16.0 Å². The Balaban J connectivity index is 1.56. The minimum Gasteiger partial charge on any atom is -0.328 e. The van der Waals surface area contributed by atoms with Crippen LogP contribution in [0.5, 0.6) is 0 Å². The number of hydrogen-bond donors (Lipinski definition) is 0. The van der Waals surface area contributed by atoms with Crippen molar-refractivity contribution in [1.29, 1.82) is 0 Å². The summed E-state index contributed by atoms with van der Waals surface area (Å²) >= 11 is 1.49. The number of carbonyl (C=O) groups is 2. The zero-order valence-corrected chi connectivity index (χ0v) is 17.1. The lowest BCUT2D eigenvalue weighted by Gasteiger charge is -2.02. The van der Waals surface area contributed by atoms with Crippen LogP contribution in [-0.4, -0.2) is 21.1 Å². The van der Waals surface area contributed by atoms with Crippen molar-refractivity contribution in [2.24, 2.45) is 7.05 Å². The summed E-state index contributed by atoms with van der Waals surface area (Å²) in [6.45, 7) is 3.90. The number of Topliss-reactive ketones (excluding diaryl/α,β-unsaturated/α-hetero) is 2. The minimum absolute atomic E-state index is 0.201. The molecule has 4 aromatic rings. The summed E-state index contributed by atoms with van der Waals surface area (Å²) in [6.07, 6.45) is 1.64. The van der Waals surface area contributed by atoms with Crippen molar-refractivity contribution in [1.82, 2.24) is 9.55 Å². The Morgan fingerprint density at radius 1 is 0.931 bits per heavy atom. The molecule has 2 aromatic heterocycles. The van der Waals surface area contributed by atoms with Crippen molar-refractivity contribution in [2.75, 3.05) is 0 Å². The first-order valence-electron chi connectivity index (χ1n) is 9.38. The summed E-state index contributed by atoms with van der Waals surface area (Å²) in [6, 6.07) is 15.9. The van der Waals surface area contributed by atoms with Gasteiger partial charge >= 0.3 is 0 Å². The van der Waals surface area contributed by atoms with E-state index in [0.717, 1.165) is 32.7 Å². The summed E-state index contributed by atoms with van der Waals surface area (Å²) in [4.78, 5) is 30.3. The molecule has 142 valence electrons. The van der Waals surface area contributed by atoms with Crippen LogP contribution in [0.1, 0.15) is 36.9 Å². The molecule has 0 saturated carbocycles. The second kappa shape index (κ2) is 6.36. The molecule has 0 atom stereocenters. The second-order valence-electron chi connectivity index (χ2n) is 7.39. The molecule has 0 unspecified atom stereocenters. The normalized spacial score (nSPS) is 13.4. The highest BCUT2D eigenvalue weighted by Gasteiger charge is 2.33. The lowest BCUT2D eigenvalue weighted by molar-refractivity contribution is 0.0990. The van der Waals surface area contributed by atoms with Crippen molar-refractivity contribution >= 4 is 39.3 Å². The Hall–Kier alpha value is -3.31. The largest absolute Gasteiger partial charge is 0.328 e. The van der Waals surface area contributed by atoms with Gasteiger partial charge in [0.25, 0.3) is 0 Å². The van der Waals surface area contributed by atoms with Gasteiger partial charge in [0.2, 0.25) is 0 Å². The number of fused-ring (bicyclic) bond motifs is 2. The van der Waals surface area contributed by atoms with Crippen molar-refractivity contribution in [3.63, 3.8) is 0 Å². The van der Waals surface area contributed by atoms with Crippen molar-refractivity contribution in [3.05, 3.63) is 81.4 Å². The fourth-order valence-corrected chi connectivity index (χ4v) is 4.78. The predicted octanol–water partition coefficient (Wildman–Crippen LogP) is 5.38. The van der Waals surface area contributed by atoms with E-state index in [0.29, 0.717) is 16.1 Å². The molecule has 0 bridgehead atoms. The smallest absolute Gasteiger partial charge is 0.197 e. The second-order valence-corrected chi connectivity index (χ2v) is 8.46. The van der Waals surface area contributed by atoms with Gasteiger partial charge in [0.15, 0.2) is 17.2 Å². The molecule has 0 fully saturated rings. The number of rotatable bonds is 2. The maximum absolute atomic E-state index is 12.8. The van der Waals surface area contributed by atoms with E-state index in [1.165, 1.54) is 11.3 Å². The highest BCUT2D eigenvalue weighted by molar-refractivity contribution is 7.19. The average molecular weight is 398 g/mol. The summed E-state index contributed by atoms with van der Waals surface area (Å²) in [5.41, 5.74) is 6.29. The minimum atomic E-state index is -0.211. The molecular weight excluding hydrogens is 380 g/mol. The third-order valence-electron chi connectivity index (χ3n) is 5.55. The first kappa shape index (κ1) is 17.8. The molecule has 2 aromatic carbocycles. The number of carbonyl (C=O) groups excluding carboxylic acids is 2. The summed E-state index contributed by atoms with van der Waals surface area (Å²) in [5.74, 6) is -0.422. The SMILES string of the molecule is Cc1cc2c(cc1C)C(=O)C(=Cc1nc3c(cc(-c4ccccc4)n3C)s1)C2=O. The zero-order valence-electron chi connectivity index (χ0n) is 16.3. The lowest BCUT2D eigenvalue weighted by atomic mass is 10.0. The van der Waals surface area contributed by atoms with Crippen LogP contribution in [0.2, 0.25) is 0 Å². The Morgan fingerprint density at radius 2 is 1.55 bits per heavy atom. The van der Waals surface area contributed by atoms with Crippen molar-refractivity contribution in [3.8, 4) is 11.3 Å². The van der Waals surface area contributed by atoms with E-state index in [4.69, 9.17) is 0 Å². The number of thiazole rings is 1. The highest BCUT2D eigenvalue weighted by Crippen LogP contribution is 2.34. The monoisotopic (exact) mass is 398 g/mol. The number of benzene rings is 2. The molecule has 1 aliphatic carbocycles. The fourth-order valence-electron chi connectivity index (χ4n) is 3.80. The number of ketones is 2. The maximum atomic E-state index is 12.8. The van der Waals surface area contributed by atoms with Gasteiger partial charge < -0.3 is 4.57 Å². The van der Waals surface area contributed by atoms with Gasteiger partial charge in [-0.2, -0.15) is 0 Å². The summed E-state index contributed by atoms with van der Waals surface area (Å²) in [7, 11) is 1.98. The van der Waals surface area contributed by atoms with Gasteiger partial charge in [0, 0.05) is 18.2 Å². The topological polar surface area (TPSA) is 52.0 Å². The van der Waals surface area contributed by atoms with Gasteiger partial charge in [-0.1, -0.05) is 30.3 Å². The van der Waals surface area contributed by atoms with Gasteiger partial charge in [-0.25, -0.2) is 4.98 Å². The molecule has 0 N–H and O–H groups in total. The van der Waals surface area contributed by atoms with Gasteiger partial charge in [0.1, 0.15) is 5.01 Å². The Kier molecular flexibility index (Phi) is 3.89. The third kappa shape index (κ3) is 2.69. The number of hydrogen-bond acceptors (Lipinski definition) is 4. The van der Waals surface area contributed by atoms with E-state index in [1.807, 2.05) is 55.8 Å². The molecule has 1 aliphatic rings. The summed E-state index contributed by atoms with van der Waals surface area (Å²) in [5, 5.41) is 0.670. The van der Waals surface area contributed by atoms with E-state index in [1.54, 1.807) is 6.08 Å². The van der Waals surface area contributed by atoms with E-state index in [2.05, 4.69) is 23.2 Å². The highest BCUT2D eigenvalue weighted by atomic mass is 32.1. The zero-order chi connectivity index (χ0) is 20.3. The van der Waals surface area contributed by atoms with E-state index >= 15 is 0 Å². The standard InChI is InChI=1S/C24H18N2O2S/c1-13-9-16-17(10-14(13)2)23(28)18(22(16)27)11-21-25-24-20(29-21)12-19(26(24)3)15-7-5-4-6-8-15/h4-12H,1-3H3. The van der Waals surface area contributed by atoms with Crippen molar-refractivity contribution in [2.45, 2.75) is 13.8 Å². The number of aromatic nitrogens is 2. The summed E-state index contributed by atoms with van der Waals surface area (Å²) < 4.78 is 3.07. The van der Waals surface area contributed by atoms with Gasteiger partial charge in [-0.3, -0.25) is 9.59 Å². The molecule has 5 rings (SSSR count). The number of allylic oxidation sites excluding steroid dienone is 1. The Bertz CT molecular complexity index is 1310. The van der Waals surface area contributed by atoms with Crippen LogP contribution in [0.3, 0.4) is 0 Å². The number of nitrogens with zero attached hydrogens (tertiary/aromatic N) is 2. The van der Waals surface area contributed by atoms with Gasteiger partial charge in [-0.15, -0.1) is 11.3 Å². The molecule has 29 heavy (non-hydrogen) atoms. The van der Waals surface area contributed by atoms with E-state index in [9.17, 15) is 9.59 Å². The van der Waals surface area contributed by atoms with Crippen LogP contribution in [0.4, 0.5) is 0 Å². The number of aryl methyl sites for hydroxylation is 3. The molecule has 0 saturated heterocycles. The van der Waals surface area contributed by atoms with Crippen LogP contribution in [0.25, 0.3) is 27.7 Å². The molecule has 0 radical (unpaired) electrons. The Labute approximate surface area is 172 Å².